The summed E-state index contributed by atoms with van der Waals surface area (Å²) in [5, 5.41) is 3.25. The number of piperazine rings is 1. The summed E-state index contributed by atoms with van der Waals surface area (Å²) < 4.78 is 0.978. The fourth-order valence-electron chi connectivity index (χ4n) is 2.68. The number of rotatable bonds is 3. The number of amides is 1. The molecule has 1 amide bonds. The van der Waals surface area contributed by atoms with Gasteiger partial charge in [0.1, 0.15) is 5.82 Å². The van der Waals surface area contributed by atoms with Crippen molar-refractivity contribution >= 4 is 39.3 Å². The Morgan fingerprint density at radius 3 is 2.62 bits per heavy atom. The van der Waals surface area contributed by atoms with Gasteiger partial charge in [-0.15, -0.1) is 0 Å². The zero-order valence-electron chi connectivity index (χ0n) is 13.8. The average Bonchev–Trinajstić information content (AvgIpc) is 2.58. The third-order valence-electron chi connectivity index (χ3n) is 4.06. The summed E-state index contributed by atoms with van der Waals surface area (Å²) >= 11 is 3.55. The molecular weight excluding hydrogens is 370 g/mol. The zero-order valence-corrected chi connectivity index (χ0v) is 15.4. The summed E-state index contributed by atoms with van der Waals surface area (Å²) in [5.74, 6) is 1.56. The van der Waals surface area contributed by atoms with Gasteiger partial charge in [-0.05, 0) is 46.6 Å². The van der Waals surface area contributed by atoms with Crippen LogP contribution >= 0.6 is 15.9 Å². The SMILES string of the molecule is CC(=O)N1CCN(c2ccnc(Nc3ccc(C)cc3Br)n2)CC1. The molecule has 0 saturated carbocycles. The molecule has 0 bridgehead atoms. The number of nitrogens with one attached hydrogen (secondary N) is 1. The van der Waals surface area contributed by atoms with E-state index in [0.717, 1.165) is 42.2 Å². The maximum absolute atomic E-state index is 11.4. The molecule has 1 aromatic heterocycles. The molecule has 7 heteroatoms. The van der Waals surface area contributed by atoms with Crippen LogP contribution in [0.3, 0.4) is 0 Å². The summed E-state index contributed by atoms with van der Waals surface area (Å²) in [6.07, 6.45) is 1.75. The van der Waals surface area contributed by atoms with E-state index in [4.69, 9.17) is 0 Å². The van der Waals surface area contributed by atoms with Gasteiger partial charge in [-0.25, -0.2) is 4.98 Å². The van der Waals surface area contributed by atoms with Crippen LogP contribution in [0.4, 0.5) is 17.5 Å². The van der Waals surface area contributed by atoms with E-state index in [0.29, 0.717) is 5.95 Å². The van der Waals surface area contributed by atoms with Crippen LogP contribution < -0.4 is 10.2 Å². The number of hydrogen-bond donors (Lipinski definition) is 1. The normalized spacial score (nSPS) is 14.6. The first-order valence-corrected chi connectivity index (χ1v) is 8.69. The van der Waals surface area contributed by atoms with Crippen LogP contribution in [-0.2, 0) is 4.79 Å². The summed E-state index contributed by atoms with van der Waals surface area (Å²) in [6.45, 7) is 6.68. The molecule has 1 N–H and O–H groups in total. The highest BCUT2D eigenvalue weighted by atomic mass is 79.9. The predicted octanol–water partition coefficient (Wildman–Crippen LogP) is 2.96. The van der Waals surface area contributed by atoms with Crippen molar-refractivity contribution in [2.75, 3.05) is 36.4 Å². The molecule has 126 valence electrons. The second-order valence-electron chi connectivity index (χ2n) is 5.84. The highest BCUT2D eigenvalue weighted by Crippen LogP contribution is 2.26. The van der Waals surface area contributed by atoms with E-state index >= 15 is 0 Å². The lowest BCUT2D eigenvalue weighted by molar-refractivity contribution is -0.129. The van der Waals surface area contributed by atoms with Gasteiger partial charge in [0.05, 0.1) is 5.69 Å². The molecule has 3 rings (SSSR count). The first-order valence-electron chi connectivity index (χ1n) is 7.89. The van der Waals surface area contributed by atoms with Crippen molar-refractivity contribution in [1.29, 1.82) is 0 Å². The van der Waals surface area contributed by atoms with Gasteiger partial charge in [-0.2, -0.15) is 4.98 Å². The van der Waals surface area contributed by atoms with Gasteiger partial charge >= 0.3 is 0 Å². The minimum Gasteiger partial charge on any atom is -0.353 e. The topological polar surface area (TPSA) is 61.4 Å². The molecule has 1 fully saturated rings. The quantitative estimate of drug-likeness (QED) is 0.873. The third kappa shape index (κ3) is 3.84. The number of benzene rings is 1. The van der Waals surface area contributed by atoms with Crippen molar-refractivity contribution < 1.29 is 4.79 Å². The molecule has 0 radical (unpaired) electrons. The smallest absolute Gasteiger partial charge is 0.229 e. The number of nitrogens with zero attached hydrogens (tertiary/aromatic N) is 4. The van der Waals surface area contributed by atoms with E-state index in [1.54, 1.807) is 13.1 Å². The van der Waals surface area contributed by atoms with E-state index < -0.39 is 0 Å². The standard InChI is InChI=1S/C17H20BrN5O/c1-12-3-4-15(14(18)11-12)20-17-19-6-5-16(21-17)23-9-7-22(8-10-23)13(2)24/h3-6,11H,7-10H2,1-2H3,(H,19,20,21). The summed E-state index contributed by atoms with van der Waals surface area (Å²) in [7, 11) is 0. The van der Waals surface area contributed by atoms with Gasteiger partial charge in [0.2, 0.25) is 11.9 Å². The van der Waals surface area contributed by atoms with Crippen molar-refractivity contribution in [3.8, 4) is 0 Å². The lowest BCUT2D eigenvalue weighted by Crippen LogP contribution is -2.48. The molecule has 0 unspecified atom stereocenters. The Morgan fingerprint density at radius 2 is 1.96 bits per heavy atom. The van der Waals surface area contributed by atoms with Gasteiger partial charge in [0.25, 0.3) is 0 Å². The molecule has 0 spiro atoms. The van der Waals surface area contributed by atoms with E-state index in [1.807, 2.05) is 36.1 Å². The number of carbonyl (C=O) groups is 1. The molecule has 6 nitrogen and oxygen atoms in total. The van der Waals surface area contributed by atoms with E-state index in [1.165, 1.54) is 5.56 Å². The van der Waals surface area contributed by atoms with Crippen LogP contribution in [0.5, 0.6) is 0 Å². The summed E-state index contributed by atoms with van der Waals surface area (Å²) in [4.78, 5) is 24.4. The first kappa shape index (κ1) is 16.7. The second kappa shape index (κ2) is 7.17. The number of aryl methyl sites for hydroxylation is 1. The van der Waals surface area contributed by atoms with Crippen molar-refractivity contribution in [2.45, 2.75) is 13.8 Å². The maximum atomic E-state index is 11.4. The van der Waals surface area contributed by atoms with Crippen LogP contribution in [-0.4, -0.2) is 47.0 Å². The van der Waals surface area contributed by atoms with Crippen molar-refractivity contribution in [2.24, 2.45) is 0 Å². The third-order valence-corrected chi connectivity index (χ3v) is 4.72. The molecule has 0 atom stereocenters. The molecular formula is C17H20BrN5O. The molecule has 1 saturated heterocycles. The predicted molar refractivity (Wildman–Crippen MR) is 98.7 cm³/mol. The molecule has 2 aromatic rings. The Balaban J connectivity index is 1.71. The Labute approximate surface area is 150 Å². The van der Waals surface area contributed by atoms with Gasteiger partial charge in [-0.1, -0.05) is 6.07 Å². The number of carbonyl (C=O) groups excluding carboxylic acids is 1. The number of hydrogen-bond acceptors (Lipinski definition) is 5. The largest absolute Gasteiger partial charge is 0.353 e. The van der Waals surface area contributed by atoms with Crippen LogP contribution in [0.1, 0.15) is 12.5 Å². The first-order chi connectivity index (χ1) is 11.5. The second-order valence-corrected chi connectivity index (χ2v) is 6.69. The van der Waals surface area contributed by atoms with Gasteiger partial charge in [-0.3, -0.25) is 4.79 Å². The van der Waals surface area contributed by atoms with E-state index in [-0.39, 0.29) is 5.91 Å². The summed E-state index contributed by atoms with van der Waals surface area (Å²) in [5.41, 5.74) is 2.12. The van der Waals surface area contributed by atoms with Crippen LogP contribution in [0.2, 0.25) is 0 Å². The Bertz CT molecular complexity index is 744. The molecule has 2 heterocycles. The Morgan fingerprint density at radius 1 is 1.21 bits per heavy atom. The van der Waals surface area contributed by atoms with Crippen molar-refractivity contribution in [3.05, 3.63) is 40.5 Å². The van der Waals surface area contributed by atoms with Gasteiger partial charge < -0.3 is 15.1 Å². The fourth-order valence-corrected chi connectivity index (χ4v) is 3.27. The van der Waals surface area contributed by atoms with Crippen LogP contribution in [0, 0.1) is 6.92 Å². The minimum atomic E-state index is 0.129. The minimum absolute atomic E-state index is 0.129. The molecule has 24 heavy (non-hydrogen) atoms. The van der Waals surface area contributed by atoms with Crippen LogP contribution in [0.25, 0.3) is 0 Å². The number of halogens is 1. The average molecular weight is 390 g/mol. The van der Waals surface area contributed by atoms with Crippen molar-refractivity contribution in [3.63, 3.8) is 0 Å². The Hall–Kier alpha value is -2.15. The van der Waals surface area contributed by atoms with Gasteiger partial charge in [0, 0.05) is 43.8 Å². The lowest BCUT2D eigenvalue weighted by atomic mass is 10.2. The molecule has 1 aliphatic heterocycles. The number of aromatic nitrogens is 2. The molecule has 1 aromatic carbocycles. The van der Waals surface area contributed by atoms with Gasteiger partial charge in [0.15, 0.2) is 0 Å². The Kier molecular flexibility index (Phi) is 4.99. The van der Waals surface area contributed by atoms with E-state index in [2.05, 4.69) is 36.1 Å². The van der Waals surface area contributed by atoms with E-state index in [9.17, 15) is 4.79 Å². The zero-order chi connectivity index (χ0) is 17.1. The highest BCUT2D eigenvalue weighted by Gasteiger charge is 2.19. The van der Waals surface area contributed by atoms with Crippen molar-refractivity contribution in [1.82, 2.24) is 14.9 Å². The summed E-state index contributed by atoms with van der Waals surface area (Å²) in [6, 6.07) is 7.99. The fraction of sp³-hybridized carbons (Fsp3) is 0.353. The lowest BCUT2D eigenvalue weighted by Gasteiger charge is -2.34. The molecule has 0 aliphatic carbocycles. The molecule has 1 aliphatic rings. The number of anilines is 3. The highest BCUT2D eigenvalue weighted by molar-refractivity contribution is 9.10. The maximum Gasteiger partial charge on any atom is 0.229 e. The monoisotopic (exact) mass is 389 g/mol. The van der Waals surface area contributed by atoms with Crippen LogP contribution in [0.15, 0.2) is 34.9 Å².